The molecule has 3 atom stereocenters. The zero-order valence-corrected chi connectivity index (χ0v) is 18.1. The molecule has 1 saturated carbocycles. The van der Waals surface area contributed by atoms with Crippen molar-refractivity contribution in [2.45, 2.75) is 58.3 Å². The third-order valence-electron chi connectivity index (χ3n) is 6.63. The number of likely N-dealkylation sites (tertiary alicyclic amines) is 1. The minimum absolute atomic E-state index is 0.152. The van der Waals surface area contributed by atoms with E-state index >= 15 is 0 Å². The summed E-state index contributed by atoms with van der Waals surface area (Å²) in [6, 6.07) is 21.2. The van der Waals surface area contributed by atoms with Crippen LogP contribution in [0.15, 0.2) is 60.7 Å². The van der Waals surface area contributed by atoms with Gasteiger partial charge in [0.05, 0.1) is 12.7 Å². The lowest BCUT2D eigenvalue weighted by molar-refractivity contribution is -0.0112. The molecule has 3 nitrogen and oxygen atoms in total. The number of fused-ring (bicyclic) bond motifs is 2. The minimum atomic E-state index is -0.476. The average Bonchev–Trinajstić information content (AvgIpc) is 2.91. The van der Waals surface area contributed by atoms with Gasteiger partial charge in [0.15, 0.2) is 0 Å². The summed E-state index contributed by atoms with van der Waals surface area (Å²) >= 11 is 0. The van der Waals surface area contributed by atoms with Gasteiger partial charge >= 0.3 is 0 Å². The number of rotatable bonds is 7. The molecule has 2 bridgehead atoms. The summed E-state index contributed by atoms with van der Waals surface area (Å²) in [4.78, 5) is 2.52. The molecule has 2 fully saturated rings. The zero-order chi connectivity index (χ0) is 20.5. The van der Waals surface area contributed by atoms with Crippen molar-refractivity contribution in [2.75, 3.05) is 19.7 Å². The average molecular weight is 394 g/mol. The molecule has 0 amide bonds. The maximum Gasteiger partial charge on any atom is 0.108 e. The second kappa shape index (κ2) is 8.22. The molecule has 2 aliphatic rings. The summed E-state index contributed by atoms with van der Waals surface area (Å²) in [7, 11) is 0. The Morgan fingerprint density at radius 1 is 0.966 bits per heavy atom. The summed E-state index contributed by atoms with van der Waals surface area (Å²) < 4.78 is 6.29. The topological polar surface area (TPSA) is 32.7 Å². The van der Waals surface area contributed by atoms with Gasteiger partial charge in [0, 0.05) is 19.1 Å². The maximum atomic E-state index is 10.8. The predicted molar refractivity (Wildman–Crippen MR) is 118 cm³/mol. The molecule has 2 aromatic carbocycles. The van der Waals surface area contributed by atoms with E-state index in [9.17, 15) is 5.11 Å². The van der Waals surface area contributed by atoms with Gasteiger partial charge in [0.1, 0.15) is 6.10 Å². The van der Waals surface area contributed by atoms with Gasteiger partial charge in [-0.15, -0.1) is 0 Å². The van der Waals surface area contributed by atoms with Gasteiger partial charge in [-0.25, -0.2) is 0 Å². The fraction of sp³-hybridized carbons (Fsp3) is 0.538. The Morgan fingerprint density at radius 2 is 1.55 bits per heavy atom. The molecule has 4 rings (SSSR count). The Hall–Kier alpha value is -1.68. The highest BCUT2D eigenvalue weighted by atomic mass is 16.5. The van der Waals surface area contributed by atoms with Crippen LogP contribution in [0.4, 0.5) is 0 Å². The largest absolute Gasteiger partial charge is 0.389 e. The third-order valence-corrected chi connectivity index (χ3v) is 6.63. The molecule has 0 aromatic heterocycles. The number of hydrogen-bond acceptors (Lipinski definition) is 3. The number of aliphatic hydroxyl groups excluding tert-OH is 1. The van der Waals surface area contributed by atoms with E-state index in [2.05, 4.69) is 49.9 Å². The summed E-state index contributed by atoms with van der Waals surface area (Å²) in [5.74, 6) is 0. The Bertz CT molecular complexity index is 751. The molecule has 1 heterocycles. The van der Waals surface area contributed by atoms with Crippen molar-refractivity contribution >= 4 is 0 Å². The molecule has 156 valence electrons. The summed E-state index contributed by atoms with van der Waals surface area (Å²) in [6.45, 7) is 9.35. The normalized spacial score (nSPS) is 27.3. The van der Waals surface area contributed by atoms with Crippen LogP contribution in [0.3, 0.4) is 0 Å². The molecule has 29 heavy (non-hydrogen) atoms. The van der Waals surface area contributed by atoms with Crippen LogP contribution in [0, 0.1) is 10.8 Å². The Labute approximate surface area is 175 Å². The molecule has 1 N–H and O–H groups in total. The van der Waals surface area contributed by atoms with E-state index in [1.54, 1.807) is 0 Å². The fourth-order valence-electron chi connectivity index (χ4n) is 5.96. The molecule has 2 aromatic rings. The van der Waals surface area contributed by atoms with Gasteiger partial charge in [-0.2, -0.15) is 0 Å². The summed E-state index contributed by atoms with van der Waals surface area (Å²) in [5, 5.41) is 10.8. The Kier molecular flexibility index (Phi) is 5.83. The van der Waals surface area contributed by atoms with E-state index in [0.29, 0.717) is 30.0 Å². The number of hydrogen-bond donors (Lipinski definition) is 1. The molecule has 1 saturated heterocycles. The highest BCUT2D eigenvalue weighted by Crippen LogP contribution is 2.52. The molecule has 0 spiro atoms. The maximum absolute atomic E-state index is 10.8. The van der Waals surface area contributed by atoms with Gasteiger partial charge in [-0.1, -0.05) is 81.4 Å². The van der Waals surface area contributed by atoms with Crippen molar-refractivity contribution in [3.8, 4) is 0 Å². The van der Waals surface area contributed by atoms with Gasteiger partial charge < -0.3 is 9.84 Å². The summed E-state index contributed by atoms with van der Waals surface area (Å²) in [6.07, 6.45) is 3.15. The molecule has 1 aliphatic carbocycles. The molecular formula is C26H35NO2. The monoisotopic (exact) mass is 393 g/mol. The van der Waals surface area contributed by atoms with E-state index in [1.165, 1.54) is 19.3 Å². The van der Waals surface area contributed by atoms with Crippen molar-refractivity contribution in [2.24, 2.45) is 10.8 Å². The lowest BCUT2D eigenvalue weighted by Crippen LogP contribution is -2.39. The lowest BCUT2D eigenvalue weighted by atomic mass is 9.65. The Balaban J connectivity index is 1.40. The number of β-amino-alcohol motifs (C(OH)–C–C–N with tert-alkyl or cyclic N) is 1. The van der Waals surface area contributed by atoms with Crippen molar-refractivity contribution in [3.05, 3.63) is 71.8 Å². The van der Waals surface area contributed by atoms with Gasteiger partial charge in [0.25, 0.3) is 0 Å². The van der Waals surface area contributed by atoms with Crippen molar-refractivity contribution in [3.63, 3.8) is 0 Å². The van der Waals surface area contributed by atoms with Crippen molar-refractivity contribution < 1.29 is 9.84 Å². The van der Waals surface area contributed by atoms with Crippen molar-refractivity contribution in [1.82, 2.24) is 4.90 Å². The van der Waals surface area contributed by atoms with Crippen LogP contribution >= 0.6 is 0 Å². The quantitative estimate of drug-likeness (QED) is 0.714. The number of nitrogens with zero attached hydrogens (tertiary/aromatic N) is 1. The number of aliphatic hydroxyl groups is 1. The standard InChI is InChI=1S/C26H35NO2/c1-25(2)14-22-15-26(3,18-25)19-27(22)16-23(28)17-29-24(20-10-6-4-7-11-20)21-12-8-5-9-13-21/h4-13,22-24,28H,14-19H2,1-3H3/t22-,23-,26-/m1/s1. The number of benzene rings is 2. The second-order valence-corrected chi connectivity index (χ2v) is 10.3. The van der Waals surface area contributed by atoms with Gasteiger partial charge in [-0.05, 0) is 41.2 Å². The second-order valence-electron chi connectivity index (χ2n) is 10.3. The molecule has 1 aliphatic heterocycles. The lowest BCUT2D eigenvalue weighted by Gasteiger charge is -2.40. The van der Waals surface area contributed by atoms with E-state index in [1.807, 2.05) is 36.4 Å². The third kappa shape index (κ3) is 4.91. The van der Waals surface area contributed by atoms with E-state index in [0.717, 1.165) is 17.7 Å². The van der Waals surface area contributed by atoms with Crippen LogP contribution in [0.2, 0.25) is 0 Å². The first-order valence-electron chi connectivity index (χ1n) is 11.0. The minimum Gasteiger partial charge on any atom is -0.389 e. The predicted octanol–water partition coefficient (Wildman–Crippen LogP) is 5.05. The zero-order valence-electron chi connectivity index (χ0n) is 18.1. The highest BCUT2D eigenvalue weighted by Gasteiger charge is 2.49. The van der Waals surface area contributed by atoms with Crippen LogP contribution in [0.1, 0.15) is 57.3 Å². The Morgan fingerprint density at radius 3 is 2.14 bits per heavy atom. The van der Waals surface area contributed by atoms with E-state index in [-0.39, 0.29) is 6.10 Å². The van der Waals surface area contributed by atoms with Crippen LogP contribution < -0.4 is 0 Å². The van der Waals surface area contributed by atoms with Gasteiger partial charge in [0.2, 0.25) is 0 Å². The first-order chi connectivity index (χ1) is 13.8. The fourth-order valence-corrected chi connectivity index (χ4v) is 5.96. The van der Waals surface area contributed by atoms with E-state index in [4.69, 9.17) is 4.74 Å². The van der Waals surface area contributed by atoms with Crippen LogP contribution in [-0.4, -0.2) is 41.8 Å². The summed E-state index contributed by atoms with van der Waals surface area (Å²) in [5.41, 5.74) is 3.04. The SMILES string of the molecule is CC1(C)C[C@@H]2C[C@@](C)(CN2C[C@@H](O)COC(c2ccccc2)c2ccccc2)C1. The number of ether oxygens (including phenoxy) is 1. The van der Waals surface area contributed by atoms with Gasteiger partial charge in [-0.3, -0.25) is 4.90 Å². The molecular weight excluding hydrogens is 358 g/mol. The van der Waals surface area contributed by atoms with Crippen LogP contribution in [0.25, 0.3) is 0 Å². The van der Waals surface area contributed by atoms with Crippen LogP contribution in [0.5, 0.6) is 0 Å². The molecule has 0 unspecified atom stereocenters. The van der Waals surface area contributed by atoms with Crippen molar-refractivity contribution in [1.29, 1.82) is 0 Å². The highest BCUT2D eigenvalue weighted by molar-refractivity contribution is 5.29. The smallest absolute Gasteiger partial charge is 0.108 e. The van der Waals surface area contributed by atoms with E-state index < -0.39 is 6.10 Å². The first kappa shape index (κ1) is 20.6. The molecule has 3 heteroatoms. The van der Waals surface area contributed by atoms with Crippen LogP contribution in [-0.2, 0) is 4.74 Å². The first-order valence-corrected chi connectivity index (χ1v) is 11.0. The molecule has 0 radical (unpaired) electrons.